The van der Waals surface area contributed by atoms with E-state index in [0.29, 0.717) is 0 Å². The molecule has 44 valence electrons. The van der Waals surface area contributed by atoms with Crippen LogP contribution in [0.4, 0.5) is 0 Å². The Morgan fingerprint density at radius 1 is 1.44 bits per heavy atom. The number of rotatable bonds is 1. The fourth-order valence-corrected chi connectivity index (χ4v) is 0.157. The van der Waals surface area contributed by atoms with Gasteiger partial charge in [-0.2, -0.15) is 0 Å². The van der Waals surface area contributed by atoms with E-state index >= 15 is 0 Å². The van der Waals surface area contributed by atoms with E-state index in [4.69, 9.17) is 0 Å². The number of thiol groups is 1. The van der Waals surface area contributed by atoms with Crippen molar-refractivity contribution in [1.29, 1.82) is 0 Å². The Bertz CT molecular complexity index is 80.2. The SMILES string of the molecule is CC(=O)O[SH]=O.[KH].[KH].[MgH2]. The smallest absolute Gasteiger partial charge is 0.316 e. The molecular formula is C2H8K2MgO3S. The fourth-order valence-electron chi connectivity index (χ4n) is 0.0525. The zero-order valence-corrected chi connectivity index (χ0v) is 4.07. The molecule has 0 aliphatic heterocycles. The number of carbonyl (C=O) groups is 1. The molecule has 0 radical (unpaired) electrons. The van der Waals surface area contributed by atoms with Gasteiger partial charge in [0.25, 0.3) is 0 Å². The second kappa shape index (κ2) is 17.7. The van der Waals surface area contributed by atoms with Crippen molar-refractivity contribution in [2.75, 3.05) is 0 Å². The van der Waals surface area contributed by atoms with Crippen molar-refractivity contribution in [1.82, 2.24) is 0 Å². The molecule has 0 saturated carbocycles. The molecule has 0 saturated heterocycles. The second-order valence-electron chi connectivity index (χ2n) is 0.657. The molecular weight excluding hydrogens is 207 g/mol. The third-order valence-corrected chi connectivity index (χ3v) is 0.497. The molecule has 0 spiro atoms. The van der Waals surface area contributed by atoms with Gasteiger partial charge in [-0.05, 0) is 0 Å². The monoisotopic (exact) mass is 214 g/mol. The van der Waals surface area contributed by atoms with Crippen LogP contribution in [0, 0.1) is 0 Å². The zero-order chi connectivity index (χ0) is 4.99. The van der Waals surface area contributed by atoms with Crippen LogP contribution < -0.4 is 0 Å². The average molecular weight is 215 g/mol. The first kappa shape index (κ1) is 23.0. The van der Waals surface area contributed by atoms with Gasteiger partial charge in [-0.15, -0.1) is 0 Å². The molecule has 3 nitrogen and oxygen atoms in total. The van der Waals surface area contributed by atoms with E-state index < -0.39 is 17.9 Å². The maximum atomic E-state index is 9.61. The molecule has 0 rings (SSSR count). The molecule has 7 heteroatoms. The standard InChI is InChI=1S/C2H4O3S.2K.Mg.4H/c1-2(3)5-6-4;;;;;;;/h6H,1H3;;;;;;;. The van der Waals surface area contributed by atoms with Crippen molar-refractivity contribution in [2.24, 2.45) is 0 Å². The quantitative estimate of drug-likeness (QED) is 0.379. The Morgan fingerprint density at radius 3 is 1.78 bits per heavy atom. The predicted octanol–water partition coefficient (Wildman–Crippen LogP) is -2.80. The van der Waals surface area contributed by atoms with Crippen molar-refractivity contribution in [3.8, 4) is 0 Å². The first-order valence-corrected chi connectivity index (χ1v) is 2.00. The van der Waals surface area contributed by atoms with Gasteiger partial charge in [0.2, 0.25) is 0 Å². The maximum absolute atomic E-state index is 9.61. The van der Waals surface area contributed by atoms with Gasteiger partial charge in [-0.25, -0.2) is 4.21 Å². The molecule has 0 aliphatic carbocycles. The molecule has 0 aliphatic rings. The van der Waals surface area contributed by atoms with Gasteiger partial charge >= 0.3 is 132 Å². The van der Waals surface area contributed by atoms with Gasteiger partial charge in [0.05, 0.1) is 0 Å². The minimum atomic E-state index is -0.576. The van der Waals surface area contributed by atoms with Crippen molar-refractivity contribution < 1.29 is 13.2 Å². The van der Waals surface area contributed by atoms with Gasteiger partial charge < -0.3 is 4.18 Å². The summed E-state index contributed by atoms with van der Waals surface area (Å²) in [4.78, 5) is 9.61. The van der Waals surface area contributed by atoms with Gasteiger partial charge in [-0.1, -0.05) is 0 Å². The van der Waals surface area contributed by atoms with E-state index in [0.717, 1.165) is 0 Å². The average Bonchev–Trinajstić information content (AvgIpc) is 1.35. The van der Waals surface area contributed by atoms with Gasteiger partial charge in [0.15, 0.2) is 11.9 Å². The largest absolute Gasteiger partial charge is 0.316 e. The summed E-state index contributed by atoms with van der Waals surface area (Å²) in [5, 5.41) is 0. The summed E-state index contributed by atoms with van der Waals surface area (Å²) in [6.07, 6.45) is 0. The minimum absolute atomic E-state index is 0. The summed E-state index contributed by atoms with van der Waals surface area (Å²) in [7, 11) is 0. The van der Waals surface area contributed by atoms with E-state index in [-0.39, 0.29) is 126 Å². The van der Waals surface area contributed by atoms with Gasteiger partial charge in [-0.3, -0.25) is 4.79 Å². The summed E-state index contributed by atoms with van der Waals surface area (Å²) < 4.78 is 13.1. The van der Waals surface area contributed by atoms with Crippen molar-refractivity contribution in [2.45, 2.75) is 6.92 Å². The Hall–Kier alpha value is 3.66. The zero-order valence-electron chi connectivity index (χ0n) is 3.17. The molecule has 0 aromatic rings. The molecule has 0 fully saturated rings. The van der Waals surface area contributed by atoms with E-state index in [1.807, 2.05) is 0 Å². The molecule has 0 atom stereocenters. The molecule has 0 N–H and O–H groups in total. The number of hydrogen-bond donors (Lipinski definition) is 1. The Balaban J connectivity index is -0.0000000417. The maximum Gasteiger partial charge on any atom is 0.316 e. The van der Waals surface area contributed by atoms with Crippen LogP contribution in [0.25, 0.3) is 0 Å². The summed E-state index contributed by atoms with van der Waals surface area (Å²) in [6.45, 7) is 1.19. The van der Waals surface area contributed by atoms with Gasteiger partial charge in [0, 0.05) is 6.92 Å². The summed E-state index contributed by atoms with van der Waals surface area (Å²) in [5.74, 6) is -0.535. The Labute approximate surface area is 159 Å². The van der Waals surface area contributed by atoms with E-state index in [1.165, 1.54) is 6.92 Å². The Morgan fingerprint density at radius 2 is 1.78 bits per heavy atom. The van der Waals surface area contributed by atoms with Crippen LogP contribution in [-0.2, 0) is 20.9 Å². The number of hydrogen-bond acceptors (Lipinski definition) is 3. The van der Waals surface area contributed by atoms with Gasteiger partial charge in [0.1, 0.15) is 0 Å². The van der Waals surface area contributed by atoms with Crippen LogP contribution in [0.5, 0.6) is 0 Å². The van der Waals surface area contributed by atoms with Crippen LogP contribution in [0.3, 0.4) is 0 Å². The van der Waals surface area contributed by atoms with Crippen molar-refractivity contribution in [3.05, 3.63) is 0 Å². The third-order valence-electron chi connectivity index (χ3n) is 0.166. The second-order valence-corrected chi connectivity index (χ2v) is 0.989. The van der Waals surface area contributed by atoms with Crippen molar-refractivity contribution in [3.63, 3.8) is 0 Å². The van der Waals surface area contributed by atoms with Crippen molar-refractivity contribution >= 4 is 144 Å². The normalized spacial score (nSPS) is 5.00. The van der Waals surface area contributed by atoms with Crippen LogP contribution in [0.15, 0.2) is 0 Å². The first-order valence-electron chi connectivity index (χ1n) is 1.27. The minimum Gasteiger partial charge on any atom is 0.316 e. The summed E-state index contributed by atoms with van der Waals surface area (Å²) >= 11 is -0.576. The molecule has 0 bridgehead atoms. The van der Waals surface area contributed by atoms with Crippen LogP contribution in [-0.4, -0.2) is 136 Å². The van der Waals surface area contributed by atoms with E-state index in [9.17, 15) is 9.00 Å². The number of carbonyl (C=O) groups excluding carboxylic acids is 1. The molecule has 0 unspecified atom stereocenters. The summed E-state index contributed by atoms with van der Waals surface area (Å²) in [5.41, 5.74) is 0. The predicted molar refractivity (Wildman–Crippen MR) is 44.1 cm³/mol. The van der Waals surface area contributed by atoms with Crippen LogP contribution in [0.1, 0.15) is 6.92 Å². The molecule has 0 aromatic heterocycles. The van der Waals surface area contributed by atoms with E-state index in [1.54, 1.807) is 0 Å². The summed E-state index contributed by atoms with van der Waals surface area (Å²) in [6, 6.07) is 0. The first-order chi connectivity index (χ1) is 2.77. The van der Waals surface area contributed by atoms with E-state index in [2.05, 4.69) is 4.18 Å². The molecule has 0 amide bonds. The molecule has 9 heavy (non-hydrogen) atoms. The third kappa shape index (κ3) is 24.5. The fraction of sp³-hybridized carbons (Fsp3) is 0.500. The molecule has 0 aromatic carbocycles. The van der Waals surface area contributed by atoms with Crippen LogP contribution in [0.2, 0.25) is 0 Å². The molecule has 0 heterocycles. The topological polar surface area (TPSA) is 43.4 Å². The van der Waals surface area contributed by atoms with Crippen LogP contribution >= 0.6 is 0 Å². The Kier molecular flexibility index (Phi) is 45.1.